The van der Waals surface area contributed by atoms with Crippen LogP contribution < -0.4 is 5.73 Å². The monoisotopic (exact) mass is 315 g/mol. The van der Waals surface area contributed by atoms with Gasteiger partial charge in [-0.05, 0) is 35.7 Å². The predicted molar refractivity (Wildman–Crippen MR) is 71.3 cm³/mol. The third kappa shape index (κ3) is 2.65. The Morgan fingerprint density at radius 1 is 1.61 bits per heavy atom. The van der Waals surface area contributed by atoms with Gasteiger partial charge in [-0.15, -0.1) is 0 Å². The van der Waals surface area contributed by atoms with E-state index in [-0.39, 0.29) is 18.0 Å². The normalized spacial score (nSPS) is 23.6. The number of aromatic nitrogens is 2. The molecule has 2 rings (SSSR count). The Balaban J connectivity index is 2.03. The summed E-state index contributed by atoms with van der Waals surface area (Å²) in [4.78, 5) is 12.2. The molecule has 1 aromatic rings. The minimum Gasteiger partial charge on any atom is -0.366 e. The minimum atomic E-state index is -0.305. The van der Waals surface area contributed by atoms with Gasteiger partial charge in [-0.1, -0.05) is 0 Å². The molecule has 2 unspecified atom stereocenters. The van der Waals surface area contributed by atoms with Crippen LogP contribution >= 0.6 is 15.9 Å². The first kappa shape index (κ1) is 13.7. The smallest absolute Gasteiger partial charge is 0.167 e. The molecular weight excluding hydrogens is 298 g/mol. The fourth-order valence-electron chi connectivity index (χ4n) is 2.27. The summed E-state index contributed by atoms with van der Waals surface area (Å²) in [7, 11) is 1.85. The molecule has 2 N–H and O–H groups in total. The van der Waals surface area contributed by atoms with Crippen molar-refractivity contribution in [3.05, 3.63) is 15.9 Å². The quantitative estimate of drug-likeness (QED) is 0.903. The Labute approximate surface area is 115 Å². The zero-order valence-electron chi connectivity index (χ0n) is 10.6. The number of rotatable bonds is 4. The molecule has 0 spiro atoms. The lowest BCUT2D eigenvalue weighted by molar-refractivity contribution is -0.129. The fourth-order valence-corrected chi connectivity index (χ4v) is 2.74. The van der Waals surface area contributed by atoms with Gasteiger partial charge in [-0.3, -0.25) is 9.48 Å². The molecule has 0 bridgehead atoms. The number of halogens is 1. The van der Waals surface area contributed by atoms with Crippen LogP contribution in [0.25, 0.3) is 0 Å². The number of nitrogens with zero attached hydrogens (tertiary/aromatic N) is 2. The topological polar surface area (TPSA) is 70.1 Å². The molecule has 1 aliphatic heterocycles. The standard InChI is InChI=1S/C12H18BrN3O2/c1-7-12(13)9(16(2)15-7)5-10(17)11-4-3-8(6-14)18-11/h8,11H,3-6,14H2,1-2H3. The van der Waals surface area contributed by atoms with Crippen LogP contribution in [0, 0.1) is 6.92 Å². The third-order valence-corrected chi connectivity index (χ3v) is 4.36. The molecule has 0 amide bonds. The number of aryl methyl sites for hydroxylation is 2. The summed E-state index contributed by atoms with van der Waals surface area (Å²) < 4.78 is 8.26. The van der Waals surface area contributed by atoms with Crippen LogP contribution in [0.3, 0.4) is 0 Å². The van der Waals surface area contributed by atoms with Gasteiger partial charge in [0.1, 0.15) is 6.10 Å². The summed E-state index contributed by atoms with van der Waals surface area (Å²) in [5.74, 6) is 0.106. The van der Waals surface area contributed by atoms with E-state index >= 15 is 0 Å². The van der Waals surface area contributed by atoms with E-state index in [9.17, 15) is 4.79 Å². The van der Waals surface area contributed by atoms with Crippen molar-refractivity contribution in [2.45, 2.75) is 38.4 Å². The number of ketones is 1. The Morgan fingerprint density at radius 3 is 2.83 bits per heavy atom. The molecule has 18 heavy (non-hydrogen) atoms. The first-order valence-corrected chi connectivity index (χ1v) is 6.88. The van der Waals surface area contributed by atoms with E-state index in [1.54, 1.807) is 4.68 Å². The predicted octanol–water partition coefficient (Wildman–Crippen LogP) is 1.11. The molecule has 0 radical (unpaired) electrons. The summed E-state index contributed by atoms with van der Waals surface area (Å²) in [6.45, 7) is 2.40. The van der Waals surface area contributed by atoms with E-state index in [2.05, 4.69) is 21.0 Å². The average Bonchev–Trinajstić information content (AvgIpc) is 2.90. The highest BCUT2D eigenvalue weighted by Crippen LogP contribution is 2.24. The number of nitrogens with two attached hydrogens (primary N) is 1. The van der Waals surface area contributed by atoms with Crippen LogP contribution in [-0.4, -0.2) is 34.3 Å². The molecule has 1 saturated heterocycles. The second kappa shape index (κ2) is 5.50. The van der Waals surface area contributed by atoms with Gasteiger partial charge in [0, 0.05) is 13.6 Å². The van der Waals surface area contributed by atoms with Crippen molar-refractivity contribution in [1.82, 2.24) is 9.78 Å². The zero-order chi connectivity index (χ0) is 13.3. The Kier molecular flexibility index (Phi) is 4.19. The third-order valence-electron chi connectivity index (χ3n) is 3.33. The van der Waals surface area contributed by atoms with Crippen LogP contribution in [0.4, 0.5) is 0 Å². The van der Waals surface area contributed by atoms with Gasteiger partial charge in [0.05, 0.1) is 28.4 Å². The number of Topliss-reactive ketones (excluding diaryl/α,β-unsaturated/α-hetero) is 1. The van der Waals surface area contributed by atoms with Gasteiger partial charge in [0.2, 0.25) is 0 Å². The Morgan fingerprint density at radius 2 is 2.33 bits per heavy atom. The van der Waals surface area contributed by atoms with Crippen LogP contribution in [-0.2, 0) is 23.0 Å². The highest BCUT2D eigenvalue weighted by atomic mass is 79.9. The summed E-state index contributed by atoms with van der Waals surface area (Å²) in [6, 6.07) is 0. The van der Waals surface area contributed by atoms with Crippen LogP contribution in [0.5, 0.6) is 0 Å². The first-order chi connectivity index (χ1) is 8.52. The van der Waals surface area contributed by atoms with Crippen molar-refractivity contribution in [2.75, 3.05) is 6.54 Å². The van der Waals surface area contributed by atoms with E-state index in [0.717, 1.165) is 28.7 Å². The van der Waals surface area contributed by atoms with Gasteiger partial charge >= 0.3 is 0 Å². The molecule has 0 aliphatic carbocycles. The molecule has 0 aromatic carbocycles. The Hall–Kier alpha value is -0.720. The second-order valence-electron chi connectivity index (χ2n) is 4.67. The van der Waals surface area contributed by atoms with Crippen molar-refractivity contribution in [2.24, 2.45) is 12.8 Å². The zero-order valence-corrected chi connectivity index (χ0v) is 12.2. The highest BCUT2D eigenvalue weighted by Gasteiger charge is 2.30. The molecule has 6 heteroatoms. The van der Waals surface area contributed by atoms with E-state index in [4.69, 9.17) is 10.5 Å². The molecule has 1 aromatic heterocycles. The number of hydrogen-bond acceptors (Lipinski definition) is 4. The van der Waals surface area contributed by atoms with Gasteiger partial charge in [-0.2, -0.15) is 5.10 Å². The van der Waals surface area contributed by atoms with Gasteiger partial charge in [-0.25, -0.2) is 0 Å². The lowest BCUT2D eigenvalue weighted by atomic mass is 10.1. The number of carbonyl (C=O) groups is 1. The van der Waals surface area contributed by atoms with Crippen LogP contribution in [0.1, 0.15) is 24.2 Å². The summed E-state index contributed by atoms with van der Waals surface area (Å²) in [5.41, 5.74) is 7.34. The molecule has 1 fully saturated rings. The second-order valence-corrected chi connectivity index (χ2v) is 5.47. The minimum absolute atomic E-state index is 0.0377. The molecule has 5 nitrogen and oxygen atoms in total. The van der Waals surface area contributed by atoms with E-state index in [1.165, 1.54) is 0 Å². The summed E-state index contributed by atoms with van der Waals surface area (Å²) in [6.07, 6.45) is 1.73. The maximum absolute atomic E-state index is 12.2. The Bertz CT molecular complexity index is 458. The molecular formula is C12H18BrN3O2. The number of carbonyl (C=O) groups excluding carboxylic acids is 1. The lowest BCUT2D eigenvalue weighted by Crippen LogP contribution is -2.26. The van der Waals surface area contributed by atoms with Crippen LogP contribution in [0.15, 0.2) is 4.47 Å². The maximum atomic E-state index is 12.2. The number of ether oxygens (including phenoxy) is 1. The average molecular weight is 316 g/mol. The van der Waals surface area contributed by atoms with Gasteiger partial charge < -0.3 is 10.5 Å². The fraction of sp³-hybridized carbons (Fsp3) is 0.667. The van der Waals surface area contributed by atoms with Gasteiger partial charge in [0.15, 0.2) is 5.78 Å². The van der Waals surface area contributed by atoms with E-state index < -0.39 is 0 Å². The van der Waals surface area contributed by atoms with Gasteiger partial charge in [0.25, 0.3) is 0 Å². The number of hydrogen-bond donors (Lipinski definition) is 1. The van der Waals surface area contributed by atoms with Crippen molar-refractivity contribution < 1.29 is 9.53 Å². The summed E-state index contributed by atoms with van der Waals surface area (Å²) >= 11 is 3.47. The molecule has 2 atom stereocenters. The largest absolute Gasteiger partial charge is 0.366 e. The van der Waals surface area contributed by atoms with Crippen molar-refractivity contribution >= 4 is 21.7 Å². The highest BCUT2D eigenvalue weighted by molar-refractivity contribution is 9.10. The summed E-state index contributed by atoms with van der Waals surface area (Å²) in [5, 5.41) is 4.28. The van der Waals surface area contributed by atoms with E-state index in [1.807, 2.05) is 14.0 Å². The molecule has 2 heterocycles. The lowest BCUT2D eigenvalue weighted by Gasteiger charge is -2.11. The van der Waals surface area contributed by atoms with Crippen molar-refractivity contribution in [3.8, 4) is 0 Å². The molecule has 1 aliphatic rings. The van der Waals surface area contributed by atoms with E-state index in [0.29, 0.717) is 13.0 Å². The first-order valence-electron chi connectivity index (χ1n) is 6.09. The maximum Gasteiger partial charge on any atom is 0.167 e. The SMILES string of the molecule is Cc1nn(C)c(CC(=O)C2CCC(CN)O2)c1Br. The van der Waals surface area contributed by atoms with Crippen molar-refractivity contribution in [1.29, 1.82) is 0 Å². The van der Waals surface area contributed by atoms with Crippen molar-refractivity contribution in [3.63, 3.8) is 0 Å². The molecule has 0 saturated carbocycles. The molecule has 100 valence electrons. The van der Waals surface area contributed by atoms with Crippen LogP contribution in [0.2, 0.25) is 0 Å².